The number of nitrogens with zero attached hydrogens (tertiary/aromatic N) is 1. The smallest absolute Gasteiger partial charge is 0.101 e. The summed E-state index contributed by atoms with van der Waals surface area (Å²) in [4.78, 5) is 4.62. The van der Waals surface area contributed by atoms with Crippen molar-refractivity contribution in [3.63, 3.8) is 0 Å². The minimum absolute atomic E-state index is 0.556. The molecule has 0 fully saturated rings. The van der Waals surface area contributed by atoms with Gasteiger partial charge in [-0.25, -0.2) is 4.98 Å². The Morgan fingerprint density at radius 3 is 2.87 bits per heavy atom. The summed E-state index contributed by atoms with van der Waals surface area (Å²) >= 11 is 1.75. The number of benzene rings is 1. The molecule has 0 spiro atoms. The number of rotatable bonds is 3. The SMILES string of the molecule is CCSc1nc2ccccc2cc1CN. The first kappa shape index (κ1) is 10.5. The molecule has 15 heavy (non-hydrogen) atoms. The zero-order chi connectivity index (χ0) is 10.7. The van der Waals surface area contributed by atoms with Crippen LogP contribution in [0.2, 0.25) is 0 Å². The lowest BCUT2D eigenvalue weighted by Crippen LogP contribution is -2.00. The largest absolute Gasteiger partial charge is 0.326 e. The van der Waals surface area contributed by atoms with Gasteiger partial charge in [-0.3, -0.25) is 0 Å². The summed E-state index contributed by atoms with van der Waals surface area (Å²) in [5, 5.41) is 2.23. The first-order valence-electron chi connectivity index (χ1n) is 5.06. The van der Waals surface area contributed by atoms with E-state index in [0.717, 1.165) is 21.9 Å². The molecule has 2 aromatic rings. The summed E-state index contributed by atoms with van der Waals surface area (Å²) in [5.74, 6) is 1.03. The van der Waals surface area contributed by atoms with Crippen LogP contribution in [0.3, 0.4) is 0 Å². The Morgan fingerprint density at radius 1 is 1.33 bits per heavy atom. The van der Waals surface area contributed by atoms with Crippen LogP contribution in [0.25, 0.3) is 10.9 Å². The minimum Gasteiger partial charge on any atom is -0.326 e. The van der Waals surface area contributed by atoms with Crippen molar-refractivity contribution in [2.75, 3.05) is 5.75 Å². The van der Waals surface area contributed by atoms with Gasteiger partial charge in [-0.1, -0.05) is 25.1 Å². The first-order chi connectivity index (χ1) is 7.35. The Bertz CT molecular complexity index is 468. The third kappa shape index (κ3) is 2.13. The van der Waals surface area contributed by atoms with Crippen LogP contribution in [0, 0.1) is 0 Å². The van der Waals surface area contributed by atoms with Crippen molar-refractivity contribution in [1.29, 1.82) is 0 Å². The van der Waals surface area contributed by atoms with Crippen molar-refractivity contribution in [1.82, 2.24) is 4.98 Å². The van der Waals surface area contributed by atoms with E-state index in [1.807, 2.05) is 18.2 Å². The number of nitrogens with two attached hydrogens (primary N) is 1. The van der Waals surface area contributed by atoms with Crippen LogP contribution in [0.5, 0.6) is 0 Å². The fourth-order valence-corrected chi connectivity index (χ4v) is 2.31. The molecule has 2 N–H and O–H groups in total. The minimum atomic E-state index is 0.556. The van der Waals surface area contributed by atoms with E-state index < -0.39 is 0 Å². The van der Waals surface area contributed by atoms with E-state index in [0.29, 0.717) is 6.54 Å². The maximum absolute atomic E-state index is 5.72. The van der Waals surface area contributed by atoms with E-state index in [4.69, 9.17) is 5.73 Å². The molecule has 0 saturated carbocycles. The van der Waals surface area contributed by atoms with Gasteiger partial charge in [0.05, 0.1) is 5.52 Å². The van der Waals surface area contributed by atoms with Crippen molar-refractivity contribution in [2.45, 2.75) is 18.5 Å². The Labute approximate surface area is 93.9 Å². The molecule has 1 aromatic carbocycles. The molecular weight excluding hydrogens is 204 g/mol. The number of hydrogen-bond acceptors (Lipinski definition) is 3. The molecule has 0 aliphatic heterocycles. The highest BCUT2D eigenvalue weighted by molar-refractivity contribution is 7.99. The summed E-state index contributed by atoms with van der Waals surface area (Å²) < 4.78 is 0. The molecule has 3 heteroatoms. The third-order valence-corrected chi connectivity index (χ3v) is 3.18. The lowest BCUT2D eigenvalue weighted by molar-refractivity contribution is 0.982. The maximum atomic E-state index is 5.72. The molecule has 2 nitrogen and oxygen atoms in total. The zero-order valence-electron chi connectivity index (χ0n) is 8.73. The summed E-state index contributed by atoms with van der Waals surface area (Å²) in [6, 6.07) is 10.3. The Morgan fingerprint density at radius 2 is 2.13 bits per heavy atom. The van der Waals surface area contributed by atoms with E-state index in [1.54, 1.807) is 11.8 Å². The van der Waals surface area contributed by atoms with Crippen LogP contribution >= 0.6 is 11.8 Å². The lowest BCUT2D eigenvalue weighted by Gasteiger charge is -2.07. The van der Waals surface area contributed by atoms with E-state index >= 15 is 0 Å². The summed E-state index contributed by atoms with van der Waals surface area (Å²) in [7, 11) is 0. The lowest BCUT2D eigenvalue weighted by atomic mass is 10.1. The summed E-state index contributed by atoms with van der Waals surface area (Å²) in [6.45, 7) is 2.68. The molecule has 0 aliphatic rings. The van der Waals surface area contributed by atoms with Crippen LogP contribution in [-0.2, 0) is 6.54 Å². The Kier molecular flexibility index (Phi) is 3.23. The number of aromatic nitrogens is 1. The summed E-state index contributed by atoms with van der Waals surface area (Å²) in [5.41, 5.74) is 7.90. The van der Waals surface area contributed by atoms with Gasteiger partial charge < -0.3 is 5.73 Å². The number of para-hydroxylation sites is 1. The fraction of sp³-hybridized carbons (Fsp3) is 0.250. The normalized spacial score (nSPS) is 10.8. The third-order valence-electron chi connectivity index (χ3n) is 2.26. The highest BCUT2D eigenvalue weighted by Crippen LogP contribution is 2.24. The zero-order valence-corrected chi connectivity index (χ0v) is 9.55. The second-order valence-corrected chi connectivity index (χ2v) is 4.54. The average molecular weight is 218 g/mol. The average Bonchev–Trinajstić information content (AvgIpc) is 2.28. The van der Waals surface area contributed by atoms with Gasteiger partial charge in [-0.15, -0.1) is 11.8 Å². The molecule has 0 bridgehead atoms. The van der Waals surface area contributed by atoms with Gasteiger partial charge in [0.25, 0.3) is 0 Å². The van der Waals surface area contributed by atoms with E-state index in [2.05, 4.69) is 24.0 Å². The van der Waals surface area contributed by atoms with Crippen molar-refractivity contribution in [3.8, 4) is 0 Å². The first-order valence-corrected chi connectivity index (χ1v) is 6.05. The van der Waals surface area contributed by atoms with Crippen molar-refractivity contribution < 1.29 is 0 Å². The van der Waals surface area contributed by atoms with Gasteiger partial charge in [-0.05, 0) is 23.4 Å². The molecule has 78 valence electrons. The second kappa shape index (κ2) is 4.64. The van der Waals surface area contributed by atoms with Gasteiger partial charge in [0, 0.05) is 11.9 Å². The molecular formula is C12H14N2S. The van der Waals surface area contributed by atoms with Gasteiger partial charge in [0.15, 0.2) is 0 Å². The molecule has 0 amide bonds. The highest BCUT2D eigenvalue weighted by atomic mass is 32.2. The molecule has 2 rings (SSSR count). The predicted molar refractivity (Wildman–Crippen MR) is 66.0 cm³/mol. The monoisotopic (exact) mass is 218 g/mol. The Hall–Kier alpha value is -1.06. The predicted octanol–water partition coefficient (Wildman–Crippen LogP) is 2.81. The van der Waals surface area contributed by atoms with Crippen LogP contribution in [0.4, 0.5) is 0 Å². The Balaban J connectivity index is 2.58. The van der Waals surface area contributed by atoms with Crippen molar-refractivity contribution in [2.24, 2.45) is 5.73 Å². The fourth-order valence-electron chi connectivity index (χ4n) is 1.55. The van der Waals surface area contributed by atoms with E-state index in [-0.39, 0.29) is 0 Å². The number of pyridine rings is 1. The van der Waals surface area contributed by atoms with Crippen molar-refractivity contribution >= 4 is 22.7 Å². The van der Waals surface area contributed by atoms with Crippen LogP contribution < -0.4 is 5.73 Å². The van der Waals surface area contributed by atoms with Gasteiger partial charge in [0.2, 0.25) is 0 Å². The van der Waals surface area contributed by atoms with Crippen LogP contribution in [0.15, 0.2) is 35.4 Å². The molecule has 0 aliphatic carbocycles. The number of fused-ring (bicyclic) bond motifs is 1. The molecule has 0 unspecified atom stereocenters. The number of thioether (sulfide) groups is 1. The van der Waals surface area contributed by atoms with E-state index in [9.17, 15) is 0 Å². The molecule has 0 atom stereocenters. The van der Waals surface area contributed by atoms with Crippen LogP contribution in [-0.4, -0.2) is 10.7 Å². The van der Waals surface area contributed by atoms with Crippen molar-refractivity contribution in [3.05, 3.63) is 35.9 Å². The van der Waals surface area contributed by atoms with Gasteiger partial charge in [-0.2, -0.15) is 0 Å². The number of hydrogen-bond donors (Lipinski definition) is 1. The van der Waals surface area contributed by atoms with Gasteiger partial charge >= 0.3 is 0 Å². The summed E-state index contributed by atoms with van der Waals surface area (Å²) in [6.07, 6.45) is 0. The van der Waals surface area contributed by atoms with E-state index in [1.165, 1.54) is 5.39 Å². The molecule has 0 radical (unpaired) electrons. The second-order valence-electron chi connectivity index (χ2n) is 3.28. The topological polar surface area (TPSA) is 38.9 Å². The molecule has 1 heterocycles. The van der Waals surface area contributed by atoms with Crippen LogP contribution in [0.1, 0.15) is 12.5 Å². The van der Waals surface area contributed by atoms with Gasteiger partial charge in [0.1, 0.15) is 5.03 Å². The molecule has 1 aromatic heterocycles. The molecule has 0 saturated heterocycles. The quantitative estimate of drug-likeness (QED) is 0.805. The maximum Gasteiger partial charge on any atom is 0.101 e. The highest BCUT2D eigenvalue weighted by Gasteiger charge is 2.04. The standard InChI is InChI=1S/C12H14N2S/c1-2-15-12-10(8-13)7-9-5-3-4-6-11(9)14-12/h3-7H,2,8,13H2,1H3.